The molecule has 0 bridgehead atoms. The summed E-state index contributed by atoms with van der Waals surface area (Å²) in [6.45, 7) is 2.00. The number of morpholine rings is 1. The summed E-state index contributed by atoms with van der Waals surface area (Å²) >= 11 is 0. The number of hydrogen-bond donors (Lipinski definition) is 2. The Kier molecular flexibility index (Phi) is 5.42. The summed E-state index contributed by atoms with van der Waals surface area (Å²) < 4.78 is 15.5. The number of amidine groups is 1. The van der Waals surface area contributed by atoms with Gasteiger partial charge >= 0.3 is 11.9 Å². The maximum atomic E-state index is 11.8. The molecule has 1 aliphatic heterocycles. The zero-order valence-corrected chi connectivity index (χ0v) is 12.6. The number of ether oxygens (including phenoxy) is 3. The van der Waals surface area contributed by atoms with Crippen LogP contribution in [0.5, 0.6) is 11.5 Å². The van der Waals surface area contributed by atoms with Crippen molar-refractivity contribution in [3.63, 3.8) is 0 Å². The number of nitrogens with one attached hydrogen (secondary N) is 1. The lowest BCUT2D eigenvalue weighted by atomic mass is 10.2. The molecular formula is C14H20N3O5+. The van der Waals surface area contributed by atoms with Crippen molar-refractivity contribution in [2.24, 2.45) is 5.73 Å². The second-order valence-electron chi connectivity index (χ2n) is 4.55. The molecule has 1 fully saturated rings. The molecule has 1 saturated heterocycles. The van der Waals surface area contributed by atoms with Crippen molar-refractivity contribution in [2.45, 2.75) is 0 Å². The topological polar surface area (TPSA) is 97.2 Å². The van der Waals surface area contributed by atoms with Gasteiger partial charge in [0.2, 0.25) is 0 Å². The third-order valence-corrected chi connectivity index (χ3v) is 3.21. The lowest BCUT2D eigenvalue weighted by molar-refractivity contribution is -0.723. The summed E-state index contributed by atoms with van der Waals surface area (Å²) in [6, 6.07) is 5.13. The largest absolute Gasteiger partial charge is 0.493 e. The Hall–Kier alpha value is -2.48. The van der Waals surface area contributed by atoms with Gasteiger partial charge in [-0.25, -0.2) is 9.63 Å². The van der Waals surface area contributed by atoms with Crippen LogP contribution in [0.2, 0.25) is 0 Å². The normalized spacial score (nSPS) is 15.4. The molecule has 0 saturated carbocycles. The highest BCUT2D eigenvalue weighted by Gasteiger charge is 2.20. The predicted molar refractivity (Wildman–Crippen MR) is 77.7 cm³/mol. The van der Waals surface area contributed by atoms with Crippen LogP contribution >= 0.6 is 0 Å². The van der Waals surface area contributed by atoms with Crippen molar-refractivity contribution in [1.29, 1.82) is 0 Å². The second-order valence-corrected chi connectivity index (χ2v) is 4.55. The molecule has 2 rings (SSSR count). The van der Waals surface area contributed by atoms with Crippen molar-refractivity contribution in [3.05, 3.63) is 23.8 Å². The van der Waals surface area contributed by atoms with Gasteiger partial charge in [0, 0.05) is 13.1 Å². The van der Waals surface area contributed by atoms with E-state index in [1.54, 1.807) is 30.2 Å². The number of nitrogens with zero attached hydrogens (tertiary/aromatic N) is 1. The summed E-state index contributed by atoms with van der Waals surface area (Å²) in [5.41, 5.74) is 6.49. The smallest absolute Gasteiger partial charge is 0.454 e. The number of methoxy groups -OCH3 is 2. The molecule has 0 atom stereocenters. The fourth-order valence-electron chi connectivity index (χ4n) is 1.97. The number of hydrogen-bond acceptors (Lipinski definition) is 5. The molecule has 3 N–H and O–H groups in total. The first-order valence-corrected chi connectivity index (χ1v) is 6.80. The van der Waals surface area contributed by atoms with Gasteiger partial charge < -0.3 is 19.1 Å². The Labute approximate surface area is 128 Å². The highest BCUT2D eigenvalue weighted by Crippen LogP contribution is 2.26. The summed E-state index contributed by atoms with van der Waals surface area (Å²) in [4.78, 5) is 18.3. The first-order valence-electron chi connectivity index (χ1n) is 6.80. The van der Waals surface area contributed by atoms with Gasteiger partial charge in [0.1, 0.15) is 0 Å². The zero-order valence-electron chi connectivity index (χ0n) is 12.6. The van der Waals surface area contributed by atoms with E-state index in [0.29, 0.717) is 43.4 Å². The number of nitrogens with two attached hydrogens (primary N) is 1. The van der Waals surface area contributed by atoms with Crippen LogP contribution < -0.4 is 20.4 Å². The first-order chi connectivity index (χ1) is 10.7. The van der Waals surface area contributed by atoms with Crippen LogP contribution in [-0.2, 0) is 9.57 Å². The molecule has 0 aromatic heterocycles. The van der Waals surface area contributed by atoms with Crippen LogP contribution in [0.25, 0.3) is 0 Å². The van der Waals surface area contributed by atoms with Gasteiger partial charge in [-0.3, -0.25) is 5.73 Å². The third-order valence-electron chi connectivity index (χ3n) is 3.21. The minimum Gasteiger partial charge on any atom is -0.493 e. The van der Waals surface area contributed by atoms with Crippen LogP contribution in [0.3, 0.4) is 0 Å². The van der Waals surface area contributed by atoms with Gasteiger partial charge in [-0.05, 0) is 18.2 Å². The monoisotopic (exact) mass is 310 g/mol. The van der Waals surface area contributed by atoms with E-state index in [0.717, 1.165) is 0 Å². The van der Waals surface area contributed by atoms with E-state index in [1.165, 1.54) is 7.11 Å². The Morgan fingerprint density at radius 2 is 1.91 bits per heavy atom. The fourth-order valence-corrected chi connectivity index (χ4v) is 1.97. The summed E-state index contributed by atoms with van der Waals surface area (Å²) in [5, 5.41) is 2.45. The van der Waals surface area contributed by atoms with Crippen LogP contribution in [0.15, 0.2) is 18.2 Å². The van der Waals surface area contributed by atoms with Gasteiger partial charge in [-0.15, -0.1) is 0 Å². The summed E-state index contributed by atoms with van der Waals surface area (Å²) in [5.74, 6) is 1.32. The lowest BCUT2D eigenvalue weighted by Crippen LogP contribution is -2.76. The predicted octanol–water partition coefficient (Wildman–Crippen LogP) is -1.13. The molecule has 1 aromatic rings. The Morgan fingerprint density at radius 3 is 2.55 bits per heavy atom. The Balaban J connectivity index is 2.03. The molecular weight excluding hydrogens is 290 g/mol. The van der Waals surface area contributed by atoms with Crippen molar-refractivity contribution in [2.75, 3.05) is 40.5 Å². The standard InChI is InChI=1S/C14H19N3O5/c1-19-11-4-3-10(9-12(11)20-2)13(15)16-22-14(18)17-5-7-21-8-6-17/h3-4,9H,5-8H2,1-2H3,(H2,15,16)/p+1. The van der Waals surface area contributed by atoms with E-state index >= 15 is 0 Å². The van der Waals surface area contributed by atoms with Crippen LogP contribution in [-0.4, -0.2) is 57.4 Å². The minimum absolute atomic E-state index is 0.197. The molecule has 1 aromatic carbocycles. The number of carbonyl (C=O) groups excluding carboxylic acids is 1. The van der Waals surface area contributed by atoms with Gasteiger partial charge in [-0.2, -0.15) is 0 Å². The summed E-state index contributed by atoms with van der Waals surface area (Å²) in [6.07, 6.45) is -0.494. The first kappa shape index (κ1) is 15.9. The Morgan fingerprint density at radius 1 is 1.23 bits per heavy atom. The second kappa shape index (κ2) is 7.51. The van der Waals surface area contributed by atoms with E-state index < -0.39 is 6.09 Å². The molecule has 8 nitrogen and oxygen atoms in total. The van der Waals surface area contributed by atoms with E-state index in [2.05, 4.69) is 5.16 Å². The van der Waals surface area contributed by atoms with Gasteiger partial charge in [-0.1, -0.05) is 5.16 Å². The molecule has 1 aliphatic rings. The number of amides is 1. The van der Waals surface area contributed by atoms with Crippen molar-refractivity contribution in [1.82, 2.24) is 4.90 Å². The highest BCUT2D eigenvalue weighted by atomic mass is 16.7. The molecule has 0 spiro atoms. The zero-order chi connectivity index (χ0) is 15.9. The molecule has 22 heavy (non-hydrogen) atoms. The summed E-state index contributed by atoms with van der Waals surface area (Å²) in [7, 11) is 3.08. The highest BCUT2D eigenvalue weighted by molar-refractivity contribution is 5.93. The maximum Gasteiger partial charge on any atom is 0.454 e. The van der Waals surface area contributed by atoms with Gasteiger partial charge in [0.25, 0.3) is 0 Å². The van der Waals surface area contributed by atoms with E-state index in [4.69, 9.17) is 24.8 Å². The van der Waals surface area contributed by atoms with E-state index in [1.807, 2.05) is 0 Å². The molecule has 120 valence electrons. The number of nitrogen functional groups attached to an aromatic ring is 1. The third kappa shape index (κ3) is 3.79. The van der Waals surface area contributed by atoms with Gasteiger partial charge in [0.05, 0.1) is 33.0 Å². The lowest BCUT2D eigenvalue weighted by Gasteiger charge is -2.23. The fraction of sp³-hybridized carbons (Fsp3) is 0.429. The Bertz CT molecular complexity index is 555. The molecule has 0 aliphatic carbocycles. The molecule has 8 heteroatoms. The van der Waals surface area contributed by atoms with E-state index in [9.17, 15) is 4.79 Å². The quantitative estimate of drug-likeness (QED) is 0.316. The number of carbonyl (C=O) groups is 1. The SMILES string of the molecule is COc1ccc(C(N)=[NH+]OC(=O)N2CCOCC2)cc1OC. The van der Waals surface area contributed by atoms with Crippen LogP contribution in [0.1, 0.15) is 5.56 Å². The van der Waals surface area contributed by atoms with Crippen molar-refractivity contribution < 1.29 is 29.0 Å². The number of benzene rings is 1. The average molecular weight is 310 g/mol. The molecule has 0 unspecified atom stereocenters. The minimum atomic E-state index is -0.494. The van der Waals surface area contributed by atoms with E-state index in [-0.39, 0.29) is 5.84 Å². The van der Waals surface area contributed by atoms with Crippen molar-refractivity contribution >= 4 is 11.9 Å². The number of rotatable bonds is 4. The van der Waals surface area contributed by atoms with Gasteiger partial charge in [0.15, 0.2) is 11.5 Å². The van der Waals surface area contributed by atoms with Crippen LogP contribution in [0.4, 0.5) is 4.79 Å². The van der Waals surface area contributed by atoms with Crippen LogP contribution in [0, 0.1) is 0 Å². The molecule has 1 heterocycles. The van der Waals surface area contributed by atoms with Crippen molar-refractivity contribution in [3.8, 4) is 11.5 Å². The maximum absolute atomic E-state index is 11.8. The molecule has 1 amide bonds. The average Bonchev–Trinajstić information content (AvgIpc) is 2.59. The molecule has 0 radical (unpaired) electrons.